The average Bonchev–Trinajstić information content (AvgIpc) is 2.83. The van der Waals surface area contributed by atoms with Gasteiger partial charge in [0.1, 0.15) is 5.75 Å². The minimum atomic E-state index is -0.109. The lowest BCUT2D eigenvalue weighted by Crippen LogP contribution is -2.37. The number of nitrogens with one attached hydrogen (secondary N) is 1. The van der Waals surface area contributed by atoms with Crippen LogP contribution in [0.1, 0.15) is 31.9 Å². The molecule has 0 aromatic heterocycles. The minimum Gasteiger partial charge on any atom is -0.493 e. The van der Waals surface area contributed by atoms with Crippen molar-refractivity contribution in [2.45, 2.75) is 38.6 Å². The van der Waals surface area contributed by atoms with Gasteiger partial charge in [-0.2, -0.15) is 5.26 Å². The molecule has 18 heavy (non-hydrogen) atoms. The zero-order valence-corrected chi connectivity index (χ0v) is 11.3. The van der Waals surface area contributed by atoms with Crippen LogP contribution in [-0.2, 0) is 11.8 Å². The molecule has 2 rings (SSSR count). The van der Waals surface area contributed by atoms with Crippen molar-refractivity contribution in [3.8, 4) is 11.8 Å². The van der Waals surface area contributed by atoms with Crippen LogP contribution >= 0.6 is 0 Å². The number of hydrogen-bond donors (Lipinski definition) is 1. The van der Waals surface area contributed by atoms with Crippen LogP contribution in [0.3, 0.4) is 0 Å². The fourth-order valence-electron chi connectivity index (χ4n) is 2.16. The zero-order valence-electron chi connectivity index (χ0n) is 11.3. The molecule has 0 radical (unpaired) electrons. The van der Waals surface area contributed by atoms with E-state index in [9.17, 15) is 0 Å². The molecule has 1 aromatic rings. The fourth-order valence-corrected chi connectivity index (χ4v) is 2.16. The number of benzene rings is 1. The maximum atomic E-state index is 8.80. The van der Waals surface area contributed by atoms with Crippen molar-refractivity contribution in [2.75, 3.05) is 13.2 Å². The van der Waals surface area contributed by atoms with Gasteiger partial charge in [0, 0.05) is 18.4 Å². The third-order valence-electron chi connectivity index (χ3n) is 3.51. The van der Waals surface area contributed by atoms with Gasteiger partial charge >= 0.3 is 0 Å². The van der Waals surface area contributed by atoms with Crippen molar-refractivity contribution in [3.63, 3.8) is 0 Å². The Kier molecular flexibility index (Phi) is 3.58. The van der Waals surface area contributed by atoms with Crippen molar-refractivity contribution in [1.82, 2.24) is 5.32 Å². The first-order chi connectivity index (χ1) is 8.53. The Hall–Kier alpha value is -1.53. The van der Waals surface area contributed by atoms with Gasteiger partial charge in [0.05, 0.1) is 18.7 Å². The summed E-state index contributed by atoms with van der Waals surface area (Å²) < 4.78 is 5.52. The van der Waals surface area contributed by atoms with E-state index in [4.69, 9.17) is 10.00 Å². The van der Waals surface area contributed by atoms with Crippen LogP contribution in [0.15, 0.2) is 18.2 Å². The Balaban J connectivity index is 2.12. The summed E-state index contributed by atoms with van der Waals surface area (Å²) >= 11 is 0. The third kappa shape index (κ3) is 2.65. The van der Waals surface area contributed by atoms with Gasteiger partial charge in [-0.3, -0.25) is 0 Å². The summed E-state index contributed by atoms with van der Waals surface area (Å²) in [5, 5.41) is 12.0. The maximum Gasteiger partial charge on any atom is 0.122 e. The molecule has 1 atom stereocenters. The molecule has 3 heteroatoms. The smallest absolute Gasteiger partial charge is 0.122 e. The van der Waals surface area contributed by atoms with Crippen LogP contribution in [0.2, 0.25) is 0 Å². The normalized spacial score (nSPS) is 15.7. The summed E-state index contributed by atoms with van der Waals surface area (Å²) in [6.07, 6.45) is 1.00. The second-order valence-electron chi connectivity index (χ2n) is 5.54. The number of rotatable bonds is 4. The first-order valence-electron chi connectivity index (χ1n) is 6.42. The summed E-state index contributed by atoms with van der Waals surface area (Å²) in [5.74, 6) is 1.02. The lowest BCUT2D eigenvalue weighted by atomic mass is 9.83. The molecule has 0 saturated heterocycles. The van der Waals surface area contributed by atoms with Gasteiger partial charge in [-0.1, -0.05) is 26.0 Å². The molecule has 0 saturated carbocycles. The largest absolute Gasteiger partial charge is 0.493 e. The van der Waals surface area contributed by atoms with E-state index in [2.05, 4.69) is 43.4 Å². The molecule has 1 heterocycles. The van der Waals surface area contributed by atoms with E-state index in [1.807, 2.05) is 6.92 Å². The molecule has 0 spiro atoms. The van der Waals surface area contributed by atoms with E-state index in [-0.39, 0.29) is 11.5 Å². The fraction of sp³-hybridized carbons (Fsp3) is 0.533. The highest BCUT2D eigenvalue weighted by Gasteiger charge is 2.23. The van der Waals surface area contributed by atoms with Crippen molar-refractivity contribution in [3.05, 3.63) is 29.3 Å². The molecule has 1 N–H and O–H groups in total. The molecule has 1 unspecified atom stereocenters. The second kappa shape index (κ2) is 4.99. The maximum absolute atomic E-state index is 8.80. The van der Waals surface area contributed by atoms with Crippen LogP contribution in [-0.4, -0.2) is 19.2 Å². The Bertz CT molecular complexity index is 474. The lowest BCUT2D eigenvalue weighted by Gasteiger charge is -2.27. The summed E-state index contributed by atoms with van der Waals surface area (Å²) in [5.41, 5.74) is 2.61. The number of hydrogen-bond acceptors (Lipinski definition) is 3. The Morgan fingerprint density at radius 3 is 3.00 bits per heavy atom. The van der Waals surface area contributed by atoms with E-state index in [0.717, 1.165) is 25.3 Å². The van der Waals surface area contributed by atoms with Gasteiger partial charge in [-0.05, 0) is 24.1 Å². The number of nitrogens with zero attached hydrogens (tertiary/aromatic N) is 1. The van der Waals surface area contributed by atoms with Gasteiger partial charge in [0.2, 0.25) is 0 Å². The predicted octanol–water partition coefficient (Wildman–Crippen LogP) is 2.40. The van der Waals surface area contributed by atoms with Crippen LogP contribution in [0.4, 0.5) is 0 Å². The molecule has 0 amide bonds. The van der Waals surface area contributed by atoms with Gasteiger partial charge in [0.25, 0.3) is 0 Å². The van der Waals surface area contributed by atoms with Crippen molar-refractivity contribution in [2.24, 2.45) is 0 Å². The second-order valence-corrected chi connectivity index (χ2v) is 5.54. The molecule has 1 aliphatic heterocycles. The molecule has 0 aliphatic carbocycles. The topological polar surface area (TPSA) is 45.0 Å². The Labute approximate surface area is 109 Å². The van der Waals surface area contributed by atoms with Crippen molar-refractivity contribution >= 4 is 0 Å². The first kappa shape index (κ1) is 12.9. The van der Waals surface area contributed by atoms with Gasteiger partial charge in [-0.25, -0.2) is 0 Å². The molecule has 1 aromatic carbocycles. The Morgan fingerprint density at radius 1 is 1.50 bits per heavy atom. The molecule has 0 bridgehead atoms. The van der Waals surface area contributed by atoms with Gasteiger partial charge in [0.15, 0.2) is 0 Å². The van der Waals surface area contributed by atoms with Crippen molar-refractivity contribution in [1.29, 1.82) is 5.26 Å². The predicted molar refractivity (Wildman–Crippen MR) is 71.7 cm³/mol. The van der Waals surface area contributed by atoms with E-state index in [1.165, 1.54) is 11.1 Å². The van der Waals surface area contributed by atoms with Crippen molar-refractivity contribution < 1.29 is 4.74 Å². The molecular formula is C15H20N2O. The van der Waals surface area contributed by atoms with Gasteiger partial charge < -0.3 is 10.1 Å². The van der Waals surface area contributed by atoms with Crippen LogP contribution in [0.25, 0.3) is 0 Å². The highest BCUT2D eigenvalue weighted by atomic mass is 16.5. The SMILES string of the molecule is CC(C#N)NCC(C)(C)c1ccc2c(c1)CCO2. The summed E-state index contributed by atoms with van der Waals surface area (Å²) in [4.78, 5) is 0. The van der Waals surface area contributed by atoms with E-state index in [1.54, 1.807) is 0 Å². The molecule has 3 nitrogen and oxygen atoms in total. The van der Waals surface area contributed by atoms with Crippen LogP contribution in [0, 0.1) is 11.3 Å². The zero-order chi connectivity index (χ0) is 13.2. The monoisotopic (exact) mass is 244 g/mol. The molecule has 1 aliphatic rings. The summed E-state index contributed by atoms with van der Waals surface area (Å²) in [6, 6.07) is 8.52. The first-order valence-corrected chi connectivity index (χ1v) is 6.42. The van der Waals surface area contributed by atoms with Gasteiger partial charge in [-0.15, -0.1) is 0 Å². The minimum absolute atomic E-state index is 0.0166. The molecular weight excluding hydrogens is 224 g/mol. The lowest BCUT2D eigenvalue weighted by molar-refractivity contribution is 0.356. The van der Waals surface area contributed by atoms with E-state index in [0.29, 0.717) is 0 Å². The Morgan fingerprint density at radius 2 is 2.28 bits per heavy atom. The summed E-state index contributed by atoms with van der Waals surface area (Å²) in [6.45, 7) is 7.86. The average molecular weight is 244 g/mol. The molecule has 0 fully saturated rings. The highest BCUT2D eigenvalue weighted by Crippen LogP contribution is 2.31. The summed E-state index contributed by atoms with van der Waals surface area (Å²) in [7, 11) is 0. The number of nitriles is 1. The number of fused-ring (bicyclic) bond motifs is 1. The molecule has 96 valence electrons. The number of ether oxygens (including phenoxy) is 1. The highest BCUT2D eigenvalue weighted by molar-refractivity contribution is 5.42. The van der Waals surface area contributed by atoms with Crippen LogP contribution < -0.4 is 10.1 Å². The quantitative estimate of drug-likeness (QED) is 0.884. The third-order valence-corrected chi connectivity index (χ3v) is 3.51. The van der Waals surface area contributed by atoms with E-state index >= 15 is 0 Å². The standard InChI is InChI=1S/C15H20N2O/c1-11(9-16)17-10-15(2,3)13-4-5-14-12(8-13)6-7-18-14/h4-5,8,11,17H,6-7,10H2,1-3H3. The van der Waals surface area contributed by atoms with Crippen LogP contribution in [0.5, 0.6) is 5.75 Å². The van der Waals surface area contributed by atoms with E-state index < -0.39 is 0 Å².